The molecule has 0 bridgehead atoms. The van der Waals surface area contributed by atoms with Gasteiger partial charge in [-0.05, 0) is 71.8 Å². The monoisotopic (exact) mass is 516 g/mol. The lowest BCUT2D eigenvalue weighted by Gasteiger charge is -2.09. The molecule has 3 N–H and O–H groups in total. The number of benzene rings is 3. The molecule has 39 heavy (non-hydrogen) atoms. The predicted molar refractivity (Wildman–Crippen MR) is 148 cm³/mol. The molecular formula is C30H24N6O3. The second-order valence-electron chi connectivity index (χ2n) is 8.91. The molecule has 3 aromatic carbocycles. The maximum absolute atomic E-state index is 12.9. The van der Waals surface area contributed by atoms with E-state index in [9.17, 15) is 9.90 Å². The molecule has 6 rings (SSSR count). The van der Waals surface area contributed by atoms with Crippen molar-refractivity contribution in [3.63, 3.8) is 0 Å². The summed E-state index contributed by atoms with van der Waals surface area (Å²) in [5.41, 5.74) is 5.89. The standard InChI is InChI=1S/C30H24N6O3/c1-39-30-23(7-3-12-31-30)20-9-11-27(37)24(16-20)28-34-25-10-8-21(17-26(25)35-28)29(38)32-18-19-5-2-6-22(15-19)36-14-4-13-33-36/h2-17,37H,18H2,1H3,(H,32,38)(H,34,35). The summed E-state index contributed by atoms with van der Waals surface area (Å²) < 4.78 is 7.16. The third kappa shape index (κ3) is 4.80. The van der Waals surface area contributed by atoms with E-state index in [1.54, 1.807) is 54.5 Å². The maximum Gasteiger partial charge on any atom is 0.251 e. The van der Waals surface area contributed by atoms with E-state index < -0.39 is 0 Å². The molecule has 1 amide bonds. The zero-order valence-corrected chi connectivity index (χ0v) is 21.0. The summed E-state index contributed by atoms with van der Waals surface area (Å²) in [6.07, 6.45) is 5.26. The summed E-state index contributed by atoms with van der Waals surface area (Å²) >= 11 is 0. The highest BCUT2D eigenvalue weighted by atomic mass is 16.5. The molecule has 0 radical (unpaired) electrons. The normalized spacial score (nSPS) is 11.0. The zero-order valence-electron chi connectivity index (χ0n) is 21.0. The number of hydrogen-bond donors (Lipinski definition) is 3. The molecule has 0 unspecified atom stereocenters. The molecule has 0 atom stereocenters. The second kappa shape index (κ2) is 10.1. The number of ether oxygens (including phenoxy) is 1. The predicted octanol–water partition coefficient (Wildman–Crippen LogP) is 5.12. The highest BCUT2D eigenvalue weighted by molar-refractivity contribution is 5.97. The number of phenols is 1. The molecule has 0 saturated carbocycles. The average molecular weight is 517 g/mol. The Bertz CT molecular complexity index is 1790. The molecule has 0 fully saturated rings. The van der Waals surface area contributed by atoms with Crippen LogP contribution in [0.15, 0.2) is 97.5 Å². The second-order valence-corrected chi connectivity index (χ2v) is 8.91. The number of aromatic hydroxyl groups is 1. The Balaban J connectivity index is 1.23. The molecular weight excluding hydrogens is 492 g/mol. The van der Waals surface area contributed by atoms with E-state index in [-0.39, 0.29) is 11.7 Å². The van der Waals surface area contributed by atoms with Gasteiger partial charge in [-0.25, -0.2) is 14.6 Å². The summed E-state index contributed by atoms with van der Waals surface area (Å²) in [5.74, 6) is 0.852. The first-order valence-electron chi connectivity index (χ1n) is 12.3. The third-order valence-electron chi connectivity index (χ3n) is 6.40. The molecule has 9 nitrogen and oxygen atoms in total. The van der Waals surface area contributed by atoms with Gasteiger partial charge in [-0.1, -0.05) is 18.2 Å². The number of nitrogens with zero attached hydrogens (tertiary/aromatic N) is 4. The van der Waals surface area contributed by atoms with Gasteiger partial charge in [-0.3, -0.25) is 4.79 Å². The first-order chi connectivity index (χ1) is 19.1. The Labute approximate surface area is 223 Å². The van der Waals surface area contributed by atoms with Gasteiger partial charge in [0.1, 0.15) is 11.6 Å². The number of imidazole rings is 1. The number of H-pyrrole nitrogens is 1. The smallest absolute Gasteiger partial charge is 0.251 e. The van der Waals surface area contributed by atoms with Crippen LogP contribution in [0.1, 0.15) is 15.9 Å². The molecule has 6 aromatic rings. The van der Waals surface area contributed by atoms with Crippen molar-refractivity contribution < 1.29 is 14.6 Å². The van der Waals surface area contributed by atoms with Crippen LogP contribution in [0.3, 0.4) is 0 Å². The van der Waals surface area contributed by atoms with Gasteiger partial charge < -0.3 is 20.1 Å². The van der Waals surface area contributed by atoms with Gasteiger partial charge in [-0.15, -0.1) is 0 Å². The van der Waals surface area contributed by atoms with Crippen LogP contribution in [-0.2, 0) is 6.54 Å². The van der Waals surface area contributed by atoms with E-state index >= 15 is 0 Å². The molecule has 0 aliphatic rings. The van der Waals surface area contributed by atoms with Crippen LogP contribution in [0.2, 0.25) is 0 Å². The minimum Gasteiger partial charge on any atom is -0.507 e. The van der Waals surface area contributed by atoms with E-state index in [4.69, 9.17) is 4.74 Å². The molecule has 0 spiro atoms. The number of aromatic nitrogens is 5. The van der Waals surface area contributed by atoms with Crippen LogP contribution in [0, 0.1) is 0 Å². The summed E-state index contributed by atoms with van der Waals surface area (Å²) in [5, 5.41) is 17.8. The number of fused-ring (bicyclic) bond motifs is 1. The van der Waals surface area contributed by atoms with E-state index in [1.807, 2.05) is 54.7 Å². The molecule has 0 aliphatic heterocycles. The van der Waals surface area contributed by atoms with Gasteiger partial charge in [-0.2, -0.15) is 5.10 Å². The number of amides is 1. The number of rotatable bonds is 7. The van der Waals surface area contributed by atoms with Crippen molar-refractivity contribution in [2.75, 3.05) is 7.11 Å². The third-order valence-corrected chi connectivity index (χ3v) is 6.40. The number of carbonyl (C=O) groups is 1. The summed E-state index contributed by atoms with van der Waals surface area (Å²) in [6.45, 7) is 0.374. The van der Waals surface area contributed by atoms with Crippen molar-refractivity contribution in [3.8, 4) is 39.8 Å². The molecule has 3 aromatic heterocycles. The fourth-order valence-electron chi connectivity index (χ4n) is 4.46. The summed E-state index contributed by atoms with van der Waals surface area (Å²) in [4.78, 5) is 25.1. The maximum atomic E-state index is 12.9. The quantitative estimate of drug-likeness (QED) is 0.271. The number of pyridine rings is 1. The highest BCUT2D eigenvalue weighted by Crippen LogP contribution is 2.35. The number of phenolic OH excluding ortho intramolecular Hbond substituents is 1. The number of hydrogen-bond acceptors (Lipinski definition) is 6. The van der Waals surface area contributed by atoms with Crippen LogP contribution >= 0.6 is 0 Å². The Morgan fingerprint density at radius 1 is 1.00 bits per heavy atom. The topological polar surface area (TPSA) is 118 Å². The number of carbonyl (C=O) groups excluding carboxylic acids is 1. The SMILES string of the molecule is COc1ncccc1-c1ccc(O)c(-c2nc3ccc(C(=O)NCc4cccc(-n5cccn5)c4)cc3[nH]2)c1. The zero-order chi connectivity index (χ0) is 26.8. The molecule has 192 valence electrons. The van der Waals surface area contributed by atoms with Gasteiger partial charge in [0.25, 0.3) is 5.91 Å². The van der Waals surface area contributed by atoms with E-state index in [1.165, 1.54) is 0 Å². The van der Waals surface area contributed by atoms with E-state index in [2.05, 4.69) is 25.4 Å². The first-order valence-corrected chi connectivity index (χ1v) is 12.3. The fourth-order valence-corrected chi connectivity index (χ4v) is 4.46. The lowest BCUT2D eigenvalue weighted by atomic mass is 10.0. The van der Waals surface area contributed by atoms with Crippen molar-refractivity contribution in [1.29, 1.82) is 0 Å². The largest absolute Gasteiger partial charge is 0.507 e. The Morgan fingerprint density at radius 2 is 1.92 bits per heavy atom. The van der Waals surface area contributed by atoms with Crippen LogP contribution in [0.5, 0.6) is 11.6 Å². The summed E-state index contributed by atoms with van der Waals surface area (Å²) in [6, 6.07) is 24.0. The van der Waals surface area contributed by atoms with Gasteiger partial charge in [0, 0.05) is 36.3 Å². The summed E-state index contributed by atoms with van der Waals surface area (Å²) in [7, 11) is 1.57. The van der Waals surface area contributed by atoms with Crippen molar-refractivity contribution in [3.05, 3.63) is 109 Å². The molecule has 3 heterocycles. The van der Waals surface area contributed by atoms with Gasteiger partial charge in [0.05, 0.1) is 29.4 Å². The number of methoxy groups -OCH3 is 1. The Kier molecular flexibility index (Phi) is 6.22. The first kappa shape index (κ1) is 23.9. The van der Waals surface area contributed by atoms with Gasteiger partial charge in [0.15, 0.2) is 0 Å². The van der Waals surface area contributed by atoms with Gasteiger partial charge in [0.2, 0.25) is 5.88 Å². The highest BCUT2D eigenvalue weighted by Gasteiger charge is 2.15. The molecule has 0 aliphatic carbocycles. The van der Waals surface area contributed by atoms with Crippen molar-refractivity contribution in [2.24, 2.45) is 0 Å². The fraction of sp³-hybridized carbons (Fsp3) is 0.0667. The van der Waals surface area contributed by atoms with Crippen LogP contribution in [0.25, 0.3) is 39.2 Å². The minimum atomic E-state index is -0.203. The number of aromatic amines is 1. The molecule has 9 heteroatoms. The van der Waals surface area contributed by atoms with Crippen LogP contribution < -0.4 is 10.1 Å². The lowest BCUT2D eigenvalue weighted by molar-refractivity contribution is 0.0951. The van der Waals surface area contributed by atoms with Crippen molar-refractivity contribution >= 4 is 16.9 Å². The lowest BCUT2D eigenvalue weighted by Crippen LogP contribution is -2.22. The number of nitrogens with one attached hydrogen (secondary N) is 2. The van der Waals surface area contributed by atoms with Crippen molar-refractivity contribution in [2.45, 2.75) is 6.54 Å². The molecule has 0 saturated heterocycles. The van der Waals surface area contributed by atoms with Gasteiger partial charge >= 0.3 is 0 Å². The van der Waals surface area contributed by atoms with Crippen LogP contribution in [-0.4, -0.2) is 42.9 Å². The average Bonchev–Trinajstić information content (AvgIpc) is 3.66. The van der Waals surface area contributed by atoms with E-state index in [0.29, 0.717) is 40.4 Å². The Hall–Kier alpha value is -5.44. The minimum absolute atomic E-state index is 0.0796. The van der Waals surface area contributed by atoms with E-state index in [0.717, 1.165) is 22.4 Å². The van der Waals surface area contributed by atoms with Crippen LogP contribution in [0.4, 0.5) is 0 Å². The van der Waals surface area contributed by atoms with Crippen molar-refractivity contribution in [1.82, 2.24) is 30.0 Å². The Morgan fingerprint density at radius 3 is 2.77 bits per heavy atom.